The van der Waals surface area contributed by atoms with Crippen LogP contribution in [0.5, 0.6) is 0 Å². The standard InChI is InChI=1S/C27H52N6O6/c1-3-5-8-11-28-24(34)10-7-6-9-12-29-25(35)21-31-15-13-30(4-2)14-16-32(22-26(36)37)19-20-33(18-17-31)23-27(38)39/h3-23H2,1-2H3,(H,28,34)(H,29,35)(H,36,37)(H,38,39). The summed E-state index contributed by atoms with van der Waals surface area (Å²) in [4.78, 5) is 55.1. The first-order chi connectivity index (χ1) is 18.7. The molecular weight excluding hydrogens is 504 g/mol. The smallest absolute Gasteiger partial charge is 0.317 e. The number of nitrogens with zero attached hydrogens (tertiary/aromatic N) is 4. The van der Waals surface area contributed by atoms with Crippen molar-refractivity contribution in [1.82, 2.24) is 30.2 Å². The molecule has 226 valence electrons. The summed E-state index contributed by atoms with van der Waals surface area (Å²) in [6.45, 7) is 11.0. The van der Waals surface area contributed by atoms with Gasteiger partial charge in [-0.15, -0.1) is 0 Å². The van der Waals surface area contributed by atoms with Gasteiger partial charge in [0, 0.05) is 71.9 Å². The normalized spacial score (nSPS) is 17.2. The molecule has 0 aromatic carbocycles. The highest BCUT2D eigenvalue weighted by Crippen LogP contribution is 2.02. The topological polar surface area (TPSA) is 146 Å². The largest absolute Gasteiger partial charge is 0.480 e. The van der Waals surface area contributed by atoms with Crippen LogP contribution < -0.4 is 10.6 Å². The van der Waals surface area contributed by atoms with E-state index in [1.54, 1.807) is 4.90 Å². The number of carboxylic acids is 2. The van der Waals surface area contributed by atoms with Gasteiger partial charge in [-0.05, 0) is 25.8 Å². The Bertz CT molecular complexity index is 725. The molecule has 39 heavy (non-hydrogen) atoms. The van der Waals surface area contributed by atoms with Gasteiger partial charge in [-0.25, -0.2) is 0 Å². The molecule has 1 saturated heterocycles. The van der Waals surface area contributed by atoms with Crippen LogP contribution in [0, 0.1) is 0 Å². The van der Waals surface area contributed by atoms with Crippen molar-refractivity contribution in [2.24, 2.45) is 0 Å². The number of likely N-dealkylation sites (N-methyl/N-ethyl adjacent to an activating group) is 1. The van der Waals surface area contributed by atoms with Crippen molar-refractivity contribution in [3.05, 3.63) is 0 Å². The molecule has 12 heteroatoms. The number of hydrogen-bond donors (Lipinski definition) is 4. The molecule has 2 amide bonds. The third-order valence-corrected chi connectivity index (χ3v) is 6.97. The quantitative estimate of drug-likeness (QED) is 0.186. The minimum Gasteiger partial charge on any atom is -0.480 e. The summed E-state index contributed by atoms with van der Waals surface area (Å²) in [7, 11) is 0. The van der Waals surface area contributed by atoms with Gasteiger partial charge in [0.15, 0.2) is 0 Å². The molecule has 0 saturated carbocycles. The third kappa shape index (κ3) is 18.6. The number of nitrogens with one attached hydrogen (secondary N) is 2. The molecule has 12 nitrogen and oxygen atoms in total. The molecule has 4 N–H and O–H groups in total. The first-order valence-electron chi connectivity index (χ1n) is 14.6. The number of carboxylic acid groups (broad SMARTS) is 2. The summed E-state index contributed by atoms with van der Waals surface area (Å²) in [5.74, 6) is -1.79. The number of unbranched alkanes of at least 4 members (excludes halogenated alkanes) is 4. The van der Waals surface area contributed by atoms with Gasteiger partial charge in [0.1, 0.15) is 0 Å². The van der Waals surface area contributed by atoms with E-state index in [9.17, 15) is 29.4 Å². The van der Waals surface area contributed by atoms with E-state index >= 15 is 0 Å². The lowest BCUT2D eigenvalue weighted by atomic mass is 10.2. The van der Waals surface area contributed by atoms with Crippen LogP contribution in [0.1, 0.15) is 58.8 Å². The molecule has 1 rings (SSSR count). The zero-order valence-corrected chi connectivity index (χ0v) is 24.2. The molecule has 1 fully saturated rings. The van der Waals surface area contributed by atoms with Crippen molar-refractivity contribution in [1.29, 1.82) is 0 Å². The van der Waals surface area contributed by atoms with Crippen molar-refractivity contribution in [3.63, 3.8) is 0 Å². The lowest BCUT2D eigenvalue weighted by Crippen LogP contribution is -2.49. The maximum Gasteiger partial charge on any atom is 0.317 e. The highest BCUT2D eigenvalue weighted by atomic mass is 16.4. The summed E-state index contributed by atoms with van der Waals surface area (Å²) in [6.07, 6.45) is 6.29. The van der Waals surface area contributed by atoms with Crippen LogP contribution in [-0.4, -0.2) is 145 Å². The van der Waals surface area contributed by atoms with Crippen LogP contribution >= 0.6 is 0 Å². The average molecular weight is 557 g/mol. The van der Waals surface area contributed by atoms with Crippen molar-refractivity contribution >= 4 is 23.8 Å². The first-order valence-corrected chi connectivity index (χ1v) is 14.6. The molecule has 0 bridgehead atoms. The maximum atomic E-state index is 12.7. The van der Waals surface area contributed by atoms with E-state index in [0.717, 1.165) is 58.2 Å². The number of carbonyl (C=O) groups is 4. The highest BCUT2D eigenvalue weighted by molar-refractivity contribution is 5.78. The second-order valence-corrected chi connectivity index (χ2v) is 10.3. The fourth-order valence-electron chi connectivity index (χ4n) is 4.52. The van der Waals surface area contributed by atoms with Gasteiger partial charge in [0.05, 0.1) is 19.6 Å². The summed E-state index contributed by atoms with van der Waals surface area (Å²) in [5, 5.41) is 24.5. The maximum absolute atomic E-state index is 12.7. The second-order valence-electron chi connectivity index (χ2n) is 10.3. The minimum absolute atomic E-state index is 0.0590. The van der Waals surface area contributed by atoms with E-state index in [-0.39, 0.29) is 31.4 Å². The van der Waals surface area contributed by atoms with Gasteiger partial charge < -0.3 is 25.7 Å². The zero-order chi connectivity index (χ0) is 28.9. The number of carbonyl (C=O) groups excluding carboxylic acids is 2. The Labute approximate surface area is 234 Å². The summed E-state index contributed by atoms with van der Waals surface area (Å²) in [6, 6.07) is 0. The minimum atomic E-state index is -0.928. The summed E-state index contributed by atoms with van der Waals surface area (Å²) in [5.41, 5.74) is 0. The van der Waals surface area contributed by atoms with Crippen LogP contribution in [0.25, 0.3) is 0 Å². The number of aliphatic carboxylic acids is 2. The molecule has 0 radical (unpaired) electrons. The average Bonchev–Trinajstić information content (AvgIpc) is 2.88. The van der Waals surface area contributed by atoms with E-state index in [2.05, 4.69) is 34.3 Å². The molecule has 1 aliphatic heterocycles. The highest BCUT2D eigenvalue weighted by Gasteiger charge is 2.19. The number of hydrogen-bond acceptors (Lipinski definition) is 8. The van der Waals surface area contributed by atoms with Gasteiger partial charge >= 0.3 is 11.9 Å². The van der Waals surface area contributed by atoms with Crippen molar-refractivity contribution in [2.75, 3.05) is 91.6 Å². The van der Waals surface area contributed by atoms with Crippen molar-refractivity contribution < 1.29 is 29.4 Å². The Kier molecular flexibility index (Phi) is 19.2. The fourth-order valence-corrected chi connectivity index (χ4v) is 4.52. The lowest BCUT2D eigenvalue weighted by Gasteiger charge is -2.33. The molecule has 0 unspecified atom stereocenters. The van der Waals surface area contributed by atoms with Crippen molar-refractivity contribution in [2.45, 2.75) is 58.8 Å². The molecule has 1 aliphatic rings. The van der Waals surface area contributed by atoms with Gasteiger partial charge in [0.25, 0.3) is 0 Å². The Morgan fingerprint density at radius 1 is 0.564 bits per heavy atom. The molecule has 0 aromatic heterocycles. The lowest BCUT2D eigenvalue weighted by molar-refractivity contribution is -0.140. The number of amides is 2. The van der Waals surface area contributed by atoms with Crippen LogP contribution in [0.4, 0.5) is 0 Å². The fraction of sp³-hybridized carbons (Fsp3) is 0.852. The van der Waals surface area contributed by atoms with Crippen LogP contribution in [0.3, 0.4) is 0 Å². The number of rotatable bonds is 17. The SMILES string of the molecule is CCCCCNC(=O)CCCCCNC(=O)CN1CCN(CC)CCN(CC(=O)O)CCN(CC(=O)O)CC1. The van der Waals surface area contributed by atoms with E-state index in [0.29, 0.717) is 58.8 Å². The molecule has 0 aromatic rings. The Morgan fingerprint density at radius 3 is 1.46 bits per heavy atom. The van der Waals surface area contributed by atoms with Crippen LogP contribution in [0.15, 0.2) is 0 Å². The van der Waals surface area contributed by atoms with Gasteiger partial charge in [-0.2, -0.15) is 0 Å². The van der Waals surface area contributed by atoms with E-state index < -0.39 is 11.9 Å². The third-order valence-electron chi connectivity index (χ3n) is 6.97. The predicted octanol–water partition coefficient (Wildman–Crippen LogP) is 0.380. The molecule has 1 heterocycles. The molecule has 0 spiro atoms. The first kappa shape index (κ1) is 34.7. The molecule has 0 aliphatic carbocycles. The molecule has 0 atom stereocenters. The predicted molar refractivity (Wildman–Crippen MR) is 151 cm³/mol. The van der Waals surface area contributed by atoms with Gasteiger partial charge in [-0.3, -0.25) is 33.9 Å². The summed E-state index contributed by atoms with van der Waals surface area (Å²) < 4.78 is 0. The van der Waals surface area contributed by atoms with Gasteiger partial charge in [0.2, 0.25) is 11.8 Å². The molecular formula is C27H52N6O6. The van der Waals surface area contributed by atoms with E-state index in [1.807, 2.05) is 4.90 Å². The summed E-state index contributed by atoms with van der Waals surface area (Å²) >= 11 is 0. The van der Waals surface area contributed by atoms with Crippen molar-refractivity contribution in [3.8, 4) is 0 Å². The monoisotopic (exact) mass is 556 g/mol. The van der Waals surface area contributed by atoms with E-state index in [4.69, 9.17) is 0 Å². The zero-order valence-electron chi connectivity index (χ0n) is 24.2. The van der Waals surface area contributed by atoms with E-state index in [1.165, 1.54) is 0 Å². The Hall–Kier alpha value is -2.28. The Balaban J connectivity index is 2.50. The van der Waals surface area contributed by atoms with Gasteiger partial charge in [-0.1, -0.05) is 33.1 Å². The second kappa shape index (κ2) is 21.5. The Morgan fingerprint density at radius 2 is 1.00 bits per heavy atom. The van der Waals surface area contributed by atoms with Crippen LogP contribution in [-0.2, 0) is 19.2 Å². The van der Waals surface area contributed by atoms with Crippen LogP contribution in [0.2, 0.25) is 0 Å².